The van der Waals surface area contributed by atoms with E-state index in [0.29, 0.717) is 18.1 Å². The molecule has 1 atom stereocenters. The van der Waals surface area contributed by atoms with Gasteiger partial charge in [-0.1, -0.05) is 0 Å². The zero-order valence-electron chi connectivity index (χ0n) is 16.1. The maximum Gasteiger partial charge on any atom is 0.263 e. The SMILES string of the molecule is CC1(C)SCCN(S(=O)(=O)c2ccc(OCc3ccncc3)cc2)[C@@H]1C(=O)NO. The predicted molar refractivity (Wildman–Crippen MR) is 109 cm³/mol. The van der Waals surface area contributed by atoms with Gasteiger partial charge in [-0.25, -0.2) is 13.9 Å². The van der Waals surface area contributed by atoms with Crippen molar-refractivity contribution in [2.75, 3.05) is 12.3 Å². The van der Waals surface area contributed by atoms with Crippen LogP contribution in [0.3, 0.4) is 0 Å². The number of nitrogens with one attached hydrogen (secondary N) is 1. The molecule has 2 N–H and O–H groups in total. The summed E-state index contributed by atoms with van der Waals surface area (Å²) in [5.74, 6) is 0.331. The van der Waals surface area contributed by atoms with Crippen molar-refractivity contribution in [1.29, 1.82) is 0 Å². The minimum Gasteiger partial charge on any atom is -0.489 e. The summed E-state index contributed by atoms with van der Waals surface area (Å²) in [6, 6.07) is 8.72. The van der Waals surface area contributed by atoms with Crippen LogP contribution in [0.2, 0.25) is 0 Å². The summed E-state index contributed by atoms with van der Waals surface area (Å²) in [6.07, 6.45) is 3.34. The first-order chi connectivity index (χ1) is 13.8. The zero-order chi connectivity index (χ0) is 21.1. The van der Waals surface area contributed by atoms with E-state index in [4.69, 9.17) is 9.94 Å². The van der Waals surface area contributed by atoms with Gasteiger partial charge in [0.15, 0.2) is 0 Å². The molecule has 2 heterocycles. The van der Waals surface area contributed by atoms with Gasteiger partial charge in [0.05, 0.1) is 4.90 Å². The first-order valence-electron chi connectivity index (χ1n) is 8.97. The number of pyridine rings is 1. The summed E-state index contributed by atoms with van der Waals surface area (Å²) in [7, 11) is -3.94. The number of hydrogen-bond donors (Lipinski definition) is 2. The molecule has 29 heavy (non-hydrogen) atoms. The second-order valence-corrected chi connectivity index (χ2v) is 10.7. The molecule has 0 bridgehead atoms. The lowest BCUT2D eigenvalue weighted by Gasteiger charge is -2.43. The minimum atomic E-state index is -3.94. The second kappa shape index (κ2) is 8.70. The Hall–Kier alpha value is -2.14. The highest BCUT2D eigenvalue weighted by Gasteiger charge is 2.48. The molecular weight excluding hydrogens is 414 g/mol. The van der Waals surface area contributed by atoms with E-state index >= 15 is 0 Å². The Kier molecular flexibility index (Phi) is 6.47. The van der Waals surface area contributed by atoms with Gasteiger partial charge in [0.1, 0.15) is 18.4 Å². The van der Waals surface area contributed by atoms with Gasteiger partial charge in [0, 0.05) is 29.4 Å². The number of hydroxylamine groups is 1. The number of ether oxygens (including phenoxy) is 1. The van der Waals surface area contributed by atoms with Crippen LogP contribution in [0.1, 0.15) is 19.4 Å². The smallest absolute Gasteiger partial charge is 0.263 e. The fourth-order valence-corrected chi connectivity index (χ4v) is 6.32. The molecule has 2 aromatic rings. The van der Waals surface area contributed by atoms with Crippen molar-refractivity contribution in [2.24, 2.45) is 0 Å². The summed E-state index contributed by atoms with van der Waals surface area (Å²) in [6.45, 7) is 4.09. The topological polar surface area (TPSA) is 109 Å². The van der Waals surface area contributed by atoms with E-state index in [0.717, 1.165) is 9.87 Å². The Labute approximate surface area is 174 Å². The fraction of sp³-hybridized carbons (Fsp3) is 0.368. The van der Waals surface area contributed by atoms with E-state index in [9.17, 15) is 13.2 Å². The number of thioether (sulfide) groups is 1. The Morgan fingerprint density at radius 1 is 1.28 bits per heavy atom. The second-order valence-electron chi connectivity index (χ2n) is 7.06. The van der Waals surface area contributed by atoms with Crippen molar-refractivity contribution < 1.29 is 23.2 Å². The molecule has 1 amide bonds. The monoisotopic (exact) mass is 437 g/mol. The fourth-order valence-electron chi connectivity index (χ4n) is 3.21. The van der Waals surface area contributed by atoms with Crippen LogP contribution in [0.15, 0.2) is 53.7 Å². The van der Waals surface area contributed by atoms with Gasteiger partial charge in [-0.05, 0) is 55.8 Å². The molecule has 1 aromatic carbocycles. The third-order valence-electron chi connectivity index (χ3n) is 4.68. The highest BCUT2D eigenvalue weighted by molar-refractivity contribution is 8.00. The van der Waals surface area contributed by atoms with E-state index in [-0.39, 0.29) is 11.4 Å². The first-order valence-corrected chi connectivity index (χ1v) is 11.4. The van der Waals surface area contributed by atoms with Crippen LogP contribution in [0.25, 0.3) is 0 Å². The number of aromatic nitrogens is 1. The molecular formula is C19H23N3O5S2. The Morgan fingerprint density at radius 2 is 1.93 bits per heavy atom. The van der Waals surface area contributed by atoms with Crippen LogP contribution in [0, 0.1) is 0 Å². The normalized spacial score (nSPS) is 19.5. The van der Waals surface area contributed by atoms with Crippen molar-refractivity contribution >= 4 is 27.7 Å². The molecule has 3 rings (SSSR count). The lowest BCUT2D eigenvalue weighted by atomic mass is 10.0. The number of sulfonamides is 1. The molecule has 8 nitrogen and oxygen atoms in total. The average Bonchev–Trinajstić information content (AvgIpc) is 2.72. The molecule has 10 heteroatoms. The molecule has 0 saturated carbocycles. The van der Waals surface area contributed by atoms with Crippen LogP contribution in [0.4, 0.5) is 0 Å². The quantitative estimate of drug-likeness (QED) is 0.526. The van der Waals surface area contributed by atoms with Gasteiger partial charge in [-0.2, -0.15) is 16.1 Å². The summed E-state index contributed by atoms with van der Waals surface area (Å²) < 4.78 is 32.6. The van der Waals surface area contributed by atoms with Crippen LogP contribution in [-0.4, -0.2) is 51.9 Å². The maximum atomic E-state index is 13.2. The van der Waals surface area contributed by atoms with E-state index in [1.54, 1.807) is 43.9 Å². The summed E-state index contributed by atoms with van der Waals surface area (Å²) in [4.78, 5) is 16.2. The van der Waals surface area contributed by atoms with Crippen LogP contribution in [0.5, 0.6) is 5.75 Å². The summed E-state index contributed by atoms with van der Waals surface area (Å²) in [5, 5.41) is 9.11. The van der Waals surface area contributed by atoms with Crippen LogP contribution < -0.4 is 10.2 Å². The van der Waals surface area contributed by atoms with Crippen LogP contribution >= 0.6 is 11.8 Å². The number of carbonyl (C=O) groups is 1. The first kappa shape index (κ1) is 21.6. The Bertz CT molecular complexity index is 950. The van der Waals surface area contributed by atoms with Gasteiger partial charge in [0.25, 0.3) is 5.91 Å². The largest absolute Gasteiger partial charge is 0.489 e. The van der Waals surface area contributed by atoms with E-state index in [1.165, 1.54) is 23.9 Å². The van der Waals surface area contributed by atoms with E-state index < -0.39 is 26.7 Å². The third kappa shape index (κ3) is 4.72. The van der Waals surface area contributed by atoms with Crippen molar-refractivity contribution in [3.63, 3.8) is 0 Å². The number of rotatable bonds is 6. The number of amides is 1. The van der Waals surface area contributed by atoms with Gasteiger partial charge < -0.3 is 4.74 Å². The summed E-state index contributed by atoms with van der Waals surface area (Å²) >= 11 is 1.49. The molecule has 1 aliphatic heterocycles. The van der Waals surface area contributed by atoms with Crippen molar-refractivity contribution in [1.82, 2.24) is 14.8 Å². The highest BCUT2D eigenvalue weighted by atomic mass is 32.2. The highest BCUT2D eigenvalue weighted by Crippen LogP contribution is 2.38. The molecule has 0 spiro atoms. The van der Waals surface area contributed by atoms with Crippen LogP contribution in [-0.2, 0) is 21.4 Å². The molecule has 1 aromatic heterocycles. The molecule has 0 radical (unpaired) electrons. The Balaban J connectivity index is 1.80. The number of nitrogens with zero attached hydrogens (tertiary/aromatic N) is 2. The lowest BCUT2D eigenvalue weighted by Crippen LogP contribution is -2.61. The lowest BCUT2D eigenvalue weighted by molar-refractivity contribution is -0.134. The van der Waals surface area contributed by atoms with Gasteiger partial charge >= 0.3 is 0 Å². The van der Waals surface area contributed by atoms with E-state index in [1.807, 2.05) is 12.1 Å². The van der Waals surface area contributed by atoms with Crippen molar-refractivity contribution in [3.8, 4) is 5.75 Å². The van der Waals surface area contributed by atoms with Gasteiger partial charge in [-0.3, -0.25) is 15.0 Å². The maximum absolute atomic E-state index is 13.2. The zero-order valence-corrected chi connectivity index (χ0v) is 17.7. The number of benzene rings is 1. The van der Waals surface area contributed by atoms with E-state index in [2.05, 4.69) is 4.98 Å². The third-order valence-corrected chi connectivity index (χ3v) is 7.91. The van der Waals surface area contributed by atoms with Gasteiger partial charge in [-0.15, -0.1) is 0 Å². The average molecular weight is 438 g/mol. The molecule has 1 fully saturated rings. The molecule has 156 valence electrons. The minimum absolute atomic E-state index is 0.0622. The number of hydrogen-bond acceptors (Lipinski definition) is 7. The van der Waals surface area contributed by atoms with Crippen molar-refractivity contribution in [2.45, 2.75) is 36.1 Å². The number of carbonyl (C=O) groups excluding carboxylic acids is 1. The van der Waals surface area contributed by atoms with Gasteiger partial charge in [0.2, 0.25) is 10.0 Å². The predicted octanol–water partition coefficient (Wildman–Crippen LogP) is 2.05. The summed E-state index contributed by atoms with van der Waals surface area (Å²) in [5.41, 5.74) is 2.55. The molecule has 0 aliphatic carbocycles. The molecule has 1 saturated heterocycles. The standard InChI is InChI=1S/C19H23N3O5S2/c1-19(2)17(18(23)21-24)22(11-12-28-19)29(25,26)16-5-3-15(4-6-16)27-13-14-7-9-20-10-8-14/h3-10,17,24H,11-13H2,1-2H3,(H,21,23)/t17-/m1/s1. The molecule has 1 aliphatic rings. The molecule has 0 unspecified atom stereocenters. The van der Waals surface area contributed by atoms with Crippen molar-refractivity contribution in [3.05, 3.63) is 54.4 Å². The Morgan fingerprint density at radius 3 is 2.55 bits per heavy atom.